The molecule has 0 spiro atoms. The number of hydrogen-bond donors (Lipinski definition) is 1. The number of aromatic nitrogens is 4. The van der Waals surface area contributed by atoms with E-state index in [0.29, 0.717) is 35.0 Å². The fourth-order valence-electron chi connectivity index (χ4n) is 4.29. The van der Waals surface area contributed by atoms with Crippen molar-refractivity contribution < 1.29 is 4.79 Å². The number of carbonyl (C=O) groups is 1. The molecule has 0 unspecified atom stereocenters. The summed E-state index contributed by atoms with van der Waals surface area (Å²) >= 11 is 5.97. The Morgan fingerprint density at radius 2 is 1.87 bits per heavy atom. The lowest BCUT2D eigenvalue weighted by atomic mass is 9.93. The molecule has 0 saturated carbocycles. The van der Waals surface area contributed by atoms with E-state index in [1.165, 1.54) is 0 Å². The number of anilines is 2. The molecule has 1 aliphatic heterocycles. The summed E-state index contributed by atoms with van der Waals surface area (Å²) in [6.45, 7) is 8.42. The van der Waals surface area contributed by atoms with Gasteiger partial charge in [-0.15, -0.1) is 0 Å². The van der Waals surface area contributed by atoms with Crippen LogP contribution in [0.4, 0.5) is 11.8 Å². The maximum Gasteiger partial charge on any atom is 0.228 e. The summed E-state index contributed by atoms with van der Waals surface area (Å²) in [5.41, 5.74) is 1.84. The lowest BCUT2D eigenvalue weighted by Gasteiger charge is -2.29. The predicted molar refractivity (Wildman–Crippen MR) is 123 cm³/mol. The molecular formula is C23H27ClN6O. The van der Waals surface area contributed by atoms with Crippen LogP contribution in [0.1, 0.15) is 45.9 Å². The zero-order chi connectivity index (χ0) is 22.1. The molecule has 2 aromatic heterocycles. The molecule has 1 N–H and O–H groups in total. The molecule has 1 aliphatic rings. The van der Waals surface area contributed by atoms with Crippen LogP contribution in [0.2, 0.25) is 5.02 Å². The highest BCUT2D eigenvalue weighted by molar-refractivity contribution is 6.30. The topological polar surface area (TPSA) is 75.9 Å². The second-order valence-corrected chi connectivity index (χ2v) is 8.90. The number of imidazole rings is 1. The van der Waals surface area contributed by atoms with Crippen LogP contribution in [-0.2, 0) is 4.79 Å². The highest BCUT2D eigenvalue weighted by atomic mass is 35.5. The van der Waals surface area contributed by atoms with Gasteiger partial charge in [0.15, 0.2) is 0 Å². The van der Waals surface area contributed by atoms with Crippen LogP contribution in [0.5, 0.6) is 0 Å². The first-order valence-corrected chi connectivity index (χ1v) is 10.9. The fourth-order valence-corrected chi connectivity index (χ4v) is 4.41. The lowest BCUT2D eigenvalue weighted by Crippen LogP contribution is -2.39. The van der Waals surface area contributed by atoms with E-state index in [1.54, 1.807) is 18.6 Å². The molecule has 1 amide bonds. The van der Waals surface area contributed by atoms with Crippen LogP contribution >= 0.6 is 11.6 Å². The fraction of sp³-hybridized carbons (Fsp3) is 0.391. The third-order valence-electron chi connectivity index (χ3n) is 5.73. The maximum absolute atomic E-state index is 12.6. The molecule has 1 fully saturated rings. The Morgan fingerprint density at radius 3 is 2.58 bits per heavy atom. The first-order chi connectivity index (χ1) is 14.8. The van der Waals surface area contributed by atoms with Gasteiger partial charge in [-0.1, -0.05) is 32.4 Å². The van der Waals surface area contributed by atoms with Gasteiger partial charge in [0, 0.05) is 35.6 Å². The van der Waals surface area contributed by atoms with Gasteiger partial charge < -0.3 is 9.88 Å². The van der Waals surface area contributed by atoms with E-state index in [4.69, 9.17) is 11.6 Å². The van der Waals surface area contributed by atoms with Gasteiger partial charge in [0.25, 0.3) is 0 Å². The van der Waals surface area contributed by atoms with Crippen molar-refractivity contribution in [1.29, 1.82) is 0 Å². The molecule has 7 nitrogen and oxygen atoms in total. The Hall–Kier alpha value is -2.93. The van der Waals surface area contributed by atoms with Crippen molar-refractivity contribution in [3.8, 4) is 5.69 Å². The molecule has 3 aromatic rings. The van der Waals surface area contributed by atoms with E-state index >= 15 is 0 Å². The Morgan fingerprint density at radius 1 is 1.13 bits per heavy atom. The second-order valence-electron chi connectivity index (χ2n) is 8.47. The number of benzene rings is 1. The maximum atomic E-state index is 12.6. The second kappa shape index (κ2) is 8.67. The first-order valence-electron chi connectivity index (χ1n) is 10.5. The molecule has 3 atom stereocenters. The minimum Gasteiger partial charge on any atom is -0.346 e. The third kappa shape index (κ3) is 4.42. The van der Waals surface area contributed by atoms with Gasteiger partial charge in [-0.05, 0) is 49.1 Å². The summed E-state index contributed by atoms with van der Waals surface area (Å²) in [5, 5.41) is 4.00. The van der Waals surface area contributed by atoms with E-state index in [2.05, 4.69) is 41.0 Å². The minimum atomic E-state index is -0.113. The summed E-state index contributed by atoms with van der Waals surface area (Å²) in [6.07, 6.45) is 5.97. The van der Waals surface area contributed by atoms with E-state index in [1.807, 2.05) is 46.9 Å². The van der Waals surface area contributed by atoms with Crippen molar-refractivity contribution >= 4 is 29.3 Å². The van der Waals surface area contributed by atoms with Crippen LogP contribution in [0, 0.1) is 11.8 Å². The number of amides is 1. The average Bonchev–Trinajstić information content (AvgIpc) is 3.33. The highest BCUT2D eigenvalue weighted by Crippen LogP contribution is 2.34. The Kier molecular flexibility index (Phi) is 5.96. The molecule has 0 radical (unpaired) electrons. The molecule has 8 heteroatoms. The van der Waals surface area contributed by atoms with Crippen molar-refractivity contribution in [2.75, 3.05) is 10.2 Å². The summed E-state index contributed by atoms with van der Waals surface area (Å²) in [7, 11) is 0. The van der Waals surface area contributed by atoms with E-state index in [0.717, 1.165) is 11.4 Å². The molecule has 0 bridgehead atoms. The molecule has 3 heterocycles. The van der Waals surface area contributed by atoms with Gasteiger partial charge in [0.05, 0.1) is 18.1 Å². The van der Waals surface area contributed by atoms with Crippen LogP contribution < -0.4 is 10.2 Å². The largest absolute Gasteiger partial charge is 0.346 e. The van der Waals surface area contributed by atoms with Crippen LogP contribution in [-0.4, -0.2) is 31.5 Å². The van der Waals surface area contributed by atoms with Crippen molar-refractivity contribution in [3.63, 3.8) is 0 Å². The van der Waals surface area contributed by atoms with Gasteiger partial charge >= 0.3 is 0 Å². The van der Waals surface area contributed by atoms with Crippen LogP contribution in [0.15, 0.2) is 49.1 Å². The Bertz CT molecular complexity index is 1060. The molecule has 0 aliphatic carbocycles. The summed E-state index contributed by atoms with van der Waals surface area (Å²) in [5.74, 6) is 1.88. The lowest BCUT2D eigenvalue weighted by molar-refractivity contribution is -0.117. The standard InChI is InChI=1S/C23H27ClN6O/c1-14(2)22-15(3)11-21(31)30(22)20-9-10-25-23(28-20)27-16(4)19-12-29(13-26-19)18-7-5-17(24)6-8-18/h5-10,12-16,22H,11H2,1-4H3,(H,25,27,28)/t15-,16+,22+/m1/s1. The normalized spacial score (nSPS) is 19.8. The van der Waals surface area contributed by atoms with Crippen molar-refractivity contribution in [1.82, 2.24) is 19.5 Å². The molecule has 4 rings (SSSR count). The number of nitrogens with one attached hydrogen (secondary N) is 1. The smallest absolute Gasteiger partial charge is 0.228 e. The molecule has 1 saturated heterocycles. The number of rotatable bonds is 6. The highest BCUT2D eigenvalue weighted by Gasteiger charge is 2.40. The van der Waals surface area contributed by atoms with Crippen molar-refractivity contribution in [2.45, 2.75) is 46.2 Å². The first kappa shape index (κ1) is 21.3. The Labute approximate surface area is 187 Å². The monoisotopic (exact) mass is 438 g/mol. The SMILES string of the molecule is CC(C)[C@H]1[C@H](C)CC(=O)N1c1ccnc(N[C@@H](C)c2cn(-c3ccc(Cl)cc3)cn2)n1. The van der Waals surface area contributed by atoms with Gasteiger partial charge in [0.2, 0.25) is 11.9 Å². The molecule has 1 aromatic carbocycles. The zero-order valence-electron chi connectivity index (χ0n) is 18.2. The molecule has 31 heavy (non-hydrogen) atoms. The van der Waals surface area contributed by atoms with Gasteiger partial charge in [-0.3, -0.25) is 9.69 Å². The Balaban J connectivity index is 1.52. The van der Waals surface area contributed by atoms with Crippen molar-refractivity contribution in [3.05, 3.63) is 59.8 Å². The van der Waals surface area contributed by atoms with Gasteiger partial charge in [-0.25, -0.2) is 9.97 Å². The van der Waals surface area contributed by atoms with Crippen LogP contribution in [0.3, 0.4) is 0 Å². The summed E-state index contributed by atoms with van der Waals surface area (Å²) in [6, 6.07) is 9.41. The average molecular weight is 439 g/mol. The summed E-state index contributed by atoms with van der Waals surface area (Å²) in [4.78, 5) is 28.0. The third-order valence-corrected chi connectivity index (χ3v) is 5.99. The zero-order valence-corrected chi connectivity index (χ0v) is 18.9. The van der Waals surface area contributed by atoms with E-state index < -0.39 is 0 Å². The number of halogens is 1. The summed E-state index contributed by atoms with van der Waals surface area (Å²) < 4.78 is 1.94. The molecular weight excluding hydrogens is 412 g/mol. The van der Waals surface area contributed by atoms with E-state index in [-0.39, 0.29) is 18.0 Å². The number of carbonyl (C=O) groups excluding carboxylic acids is 1. The van der Waals surface area contributed by atoms with E-state index in [9.17, 15) is 4.79 Å². The minimum absolute atomic E-state index is 0.113. The van der Waals surface area contributed by atoms with Crippen molar-refractivity contribution in [2.24, 2.45) is 11.8 Å². The number of nitrogens with zero attached hydrogens (tertiary/aromatic N) is 5. The number of hydrogen-bond acceptors (Lipinski definition) is 5. The predicted octanol–water partition coefficient (Wildman–Crippen LogP) is 4.89. The van der Waals surface area contributed by atoms with Gasteiger partial charge in [0.1, 0.15) is 5.82 Å². The van der Waals surface area contributed by atoms with Crippen LogP contribution in [0.25, 0.3) is 5.69 Å². The quantitative estimate of drug-likeness (QED) is 0.593. The van der Waals surface area contributed by atoms with Gasteiger partial charge in [-0.2, -0.15) is 4.98 Å². The molecule has 162 valence electrons.